The van der Waals surface area contributed by atoms with Crippen LogP contribution in [-0.4, -0.2) is 36.4 Å². The summed E-state index contributed by atoms with van der Waals surface area (Å²) in [4.78, 5) is 30.7. The van der Waals surface area contributed by atoms with E-state index in [1.54, 1.807) is 36.9 Å². The number of imidazole rings is 1. The molecule has 167 valence electrons. The lowest BCUT2D eigenvalue weighted by atomic mass is 10.0. The maximum absolute atomic E-state index is 10.9. The Labute approximate surface area is 198 Å². The van der Waals surface area contributed by atoms with Crippen LogP contribution in [0.4, 0.5) is 17.3 Å². The Balaban J connectivity index is 1.63. The fourth-order valence-electron chi connectivity index (χ4n) is 3.10. The number of nitrogens with two attached hydrogens (primary N) is 1. The van der Waals surface area contributed by atoms with Crippen molar-refractivity contribution in [2.75, 3.05) is 17.6 Å². The van der Waals surface area contributed by atoms with Gasteiger partial charge in [0.1, 0.15) is 11.6 Å². The SMILES string of the molecule is C[C](CNc1ccc([N+](=O)[O-])c(N)n1)c1ncc(-c2cnc[nH]2)c(-c2ccc(Cl)cc2Cl)n1. The molecule has 1 radical (unpaired) electrons. The molecule has 3 aromatic heterocycles. The Bertz CT molecular complexity index is 1310. The minimum atomic E-state index is -0.581. The normalized spacial score (nSPS) is 11.0. The van der Waals surface area contributed by atoms with Crippen molar-refractivity contribution >= 4 is 40.5 Å². The Hall–Kier alpha value is -3.76. The van der Waals surface area contributed by atoms with Gasteiger partial charge in [0.25, 0.3) is 0 Å². The van der Waals surface area contributed by atoms with Crippen LogP contribution in [0.2, 0.25) is 10.0 Å². The quantitative estimate of drug-likeness (QED) is 0.251. The highest BCUT2D eigenvalue weighted by atomic mass is 35.5. The second-order valence-electron chi connectivity index (χ2n) is 7.04. The zero-order chi connectivity index (χ0) is 23.5. The Kier molecular flexibility index (Phi) is 6.38. The molecular formula is C21H17Cl2N8O2. The molecule has 0 amide bonds. The van der Waals surface area contributed by atoms with Crippen LogP contribution >= 0.6 is 23.2 Å². The predicted molar refractivity (Wildman–Crippen MR) is 127 cm³/mol. The standard InChI is InChI=1S/C21H17Cl2N8O2/c1-11(7-26-18-5-4-17(31(32)33)20(24)29-18)21-27-8-14(16-9-25-10-28-16)19(30-21)13-3-2-12(22)6-15(13)23/h2-6,8-10H,7H2,1H3,(H,25,28)(H3,24,26,29). The van der Waals surface area contributed by atoms with Crippen molar-refractivity contribution in [3.05, 3.63) is 81.0 Å². The molecule has 0 fully saturated rings. The first kappa shape index (κ1) is 22.4. The molecule has 10 nitrogen and oxygen atoms in total. The number of benzene rings is 1. The third-order valence-electron chi connectivity index (χ3n) is 4.78. The average molecular weight is 484 g/mol. The lowest BCUT2D eigenvalue weighted by molar-refractivity contribution is -0.384. The van der Waals surface area contributed by atoms with Gasteiger partial charge < -0.3 is 16.0 Å². The molecule has 0 saturated heterocycles. The van der Waals surface area contributed by atoms with E-state index in [0.29, 0.717) is 39.5 Å². The number of hydrogen-bond acceptors (Lipinski definition) is 8. The van der Waals surface area contributed by atoms with Gasteiger partial charge in [-0.1, -0.05) is 23.2 Å². The molecule has 12 heteroatoms. The van der Waals surface area contributed by atoms with Gasteiger partial charge in [0.15, 0.2) is 0 Å². The highest BCUT2D eigenvalue weighted by Gasteiger charge is 2.19. The summed E-state index contributed by atoms with van der Waals surface area (Å²) in [5.41, 5.74) is 8.19. The van der Waals surface area contributed by atoms with Crippen LogP contribution in [0.3, 0.4) is 0 Å². The molecule has 4 rings (SSSR count). The van der Waals surface area contributed by atoms with E-state index in [1.807, 2.05) is 6.92 Å². The summed E-state index contributed by atoms with van der Waals surface area (Å²) in [5.74, 6) is 1.52. The Morgan fingerprint density at radius 1 is 1.18 bits per heavy atom. The molecule has 0 aliphatic rings. The minimum Gasteiger partial charge on any atom is -0.378 e. The van der Waals surface area contributed by atoms with Crippen LogP contribution < -0.4 is 11.1 Å². The van der Waals surface area contributed by atoms with E-state index in [-0.39, 0.29) is 11.5 Å². The molecule has 0 spiro atoms. The molecule has 33 heavy (non-hydrogen) atoms. The number of nitro groups is 1. The van der Waals surface area contributed by atoms with Crippen molar-refractivity contribution in [1.82, 2.24) is 24.9 Å². The smallest absolute Gasteiger partial charge is 0.311 e. The number of nitrogens with one attached hydrogen (secondary N) is 2. The molecular weight excluding hydrogens is 467 g/mol. The summed E-state index contributed by atoms with van der Waals surface area (Å²) < 4.78 is 0. The number of anilines is 2. The summed E-state index contributed by atoms with van der Waals surface area (Å²) in [7, 11) is 0. The monoisotopic (exact) mass is 483 g/mol. The molecule has 4 N–H and O–H groups in total. The molecule has 0 saturated carbocycles. The first-order valence-electron chi connectivity index (χ1n) is 9.62. The topological polar surface area (TPSA) is 149 Å². The Morgan fingerprint density at radius 3 is 2.67 bits per heavy atom. The van der Waals surface area contributed by atoms with Crippen molar-refractivity contribution < 1.29 is 4.92 Å². The van der Waals surface area contributed by atoms with E-state index in [1.165, 1.54) is 12.1 Å². The zero-order valence-corrected chi connectivity index (χ0v) is 18.7. The highest BCUT2D eigenvalue weighted by molar-refractivity contribution is 6.36. The summed E-state index contributed by atoms with van der Waals surface area (Å²) in [6.07, 6.45) is 4.94. The summed E-state index contributed by atoms with van der Waals surface area (Å²) in [6.45, 7) is 2.20. The first-order valence-corrected chi connectivity index (χ1v) is 10.4. The molecule has 0 bridgehead atoms. The molecule has 0 atom stereocenters. The molecule has 4 aromatic rings. The number of H-pyrrole nitrogens is 1. The van der Waals surface area contributed by atoms with Gasteiger partial charge in [0.05, 0.1) is 39.8 Å². The van der Waals surface area contributed by atoms with Crippen molar-refractivity contribution in [2.24, 2.45) is 0 Å². The fraction of sp³-hybridized carbons (Fsp3) is 0.0952. The van der Waals surface area contributed by atoms with Crippen molar-refractivity contribution in [3.63, 3.8) is 0 Å². The summed E-state index contributed by atoms with van der Waals surface area (Å²) >= 11 is 12.5. The van der Waals surface area contributed by atoms with Crippen LogP contribution in [0.25, 0.3) is 22.5 Å². The van der Waals surface area contributed by atoms with Crippen LogP contribution in [0.15, 0.2) is 49.1 Å². The number of rotatable bonds is 7. The van der Waals surface area contributed by atoms with Crippen LogP contribution in [0.5, 0.6) is 0 Å². The number of pyridine rings is 1. The van der Waals surface area contributed by atoms with Crippen LogP contribution in [0.1, 0.15) is 12.7 Å². The highest BCUT2D eigenvalue weighted by Crippen LogP contribution is 2.35. The van der Waals surface area contributed by atoms with E-state index in [9.17, 15) is 10.1 Å². The fourth-order valence-corrected chi connectivity index (χ4v) is 3.60. The van der Waals surface area contributed by atoms with E-state index < -0.39 is 4.92 Å². The number of halogens is 2. The lowest BCUT2D eigenvalue weighted by Crippen LogP contribution is -2.15. The van der Waals surface area contributed by atoms with Gasteiger partial charge in [-0.2, -0.15) is 0 Å². The van der Waals surface area contributed by atoms with E-state index >= 15 is 0 Å². The number of nitrogen functional groups attached to an aromatic ring is 1. The largest absolute Gasteiger partial charge is 0.378 e. The summed E-state index contributed by atoms with van der Waals surface area (Å²) in [6, 6.07) is 7.98. The molecule has 1 aromatic carbocycles. The van der Waals surface area contributed by atoms with Gasteiger partial charge in [-0.05, 0) is 31.2 Å². The molecule has 0 aliphatic heterocycles. The Morgan fingerprint density at radius 2 is 2.00 bits per heavy atom. The van der Waals surface area contributed by atoms with Gasteiger partial charge in [0.2, 0.25) is 5.82 Å². The second kappa shape index (κ2) is 9.39. The molecule has 3 heterocycles. The lowest BCUT2D eigenvalue weighted by Gasteiger charge is -2.15. The molecule has 0 aliphatic carbocycles. The van der Waals surface area contributed by atoms with Gasteiger partial charge in [-0.25, -0.2) is 19.9 Å². The van der Waals surface area contributed by atoms with Gasteiger partial charge >= 0.3 is 5.69 Å². The third-order valence-corrected chi connectivity index (χ3v) is 5.33. The summed E-state index contributed by atoms with van der Waals surface area (Å²) in [5, 5.41) is 15.0. The first-order chi connectivity index (χ1) is 15.8. The van der Waals surface area contributed by atoms with Gasteiger partial charge in [0, 0.05) is 35.0 Å². The van der Waals surface area contributed by atoms with Crippen molar-refractivity contribution in [2.45, 2.75) is 6.92 Å². The number of aromatic amines is 1. The van der Waals surface area contributed by atoms with Crippen LogP contribution in [-0.2, 0) is 0 Å². The van der Waals surface area contributed by atoms with E-state index in [4.69, 9.17) is 33.9 Å². The van der Waals surface area contributed by atoms with Crippen molar-refractivity contribution in [3.8, 4) is 22.5 Å². The number of hydrogen-bond donors (Lipinski definition) is 3. The van der Waals surface area contributed by atoms with E-state index in [0.717, 1.165) is 17.2 Å². The zero-order valence-electron chi connectivity index (χ0n) is 17.2. The number of aromatic nitrogens is 5. The van der Waals surface area contributed by atoms with Gasteiger partial charge in [-0.3, -0.25) is 10.1 Å². The van der Waals surface area contributed by atoms with Crippen LogP contribution in [0, 0.1) is 16.0 Å². The maximum atomic E-state index is 10.9. The maximum Gasteiger partial charge on any atom is 0.311 e. The molecule has 0 unspecified atom stereocenters. The van der Waals surface area contributed by atoms with Crippen molar-refractivity contribution in [1.29, 1.82) is 0 Å². The number of nitrogens with zero attached hydrogens (tertiary/aromatic N) is 5. The second-order valence-corrected chi connectivity index (χ2v) is 7.88. The minimum absolute atomic E-state index is 0.164. The van der Waals surface area contributed by atoms with E-state index in [2.05, 4.69) is 25.3 Å². The van der Waals surface area contributed by atoms with Gasteiger partial charge in [-0.15, -0.1) is 0 Å². The predicted octanol–water partition coefficient (Wildman–Crippen LogP) is 4.78. The average Bonchev–Trinajstić information content (AvgIpc) is 3.31. The third kappa shape index (κ3) is 4.86.